The normalized spacial score (nSPS) is 19.1. The number of piperidine rings is 1. The van der Waals surface area contributed by atoms with Crippen LogP contribution >= 0.6 is 0 Å². The Balaban J connectivity index is 2.14. The molecule has 0 aromatic carbocycles. The molecule has 92 valence electrons. The number of pyridine rings is 1. The molecule has 1 aromatic rings. The van der Waals surface area contributed by atoms with E-state index < -0.39 is 10.8 Å². The third-order valence-corrected chi connectivity index (χ3v) is 2.66. The van der Waals surface area contributed by atoms with E-state index in [9.17, 15) is 18.9 Å². The maximum Gasteiger partial charge on any atom is 0.287 e. The first kappa shape index (κ1) is 11.7. The van der Waals surface area contributed by atoms with E-state index in [1.54, 1.807) is 0 Å². The molecule has 0 bridgehead atoms. The second-order valence-electron chi connectivity index (χ2n) is 4.01. The number of alkyl halides is 2. The van der Waals surface area contributed by atoms with Gasteiger partial charge in [-0.05, 0) is 12.5 Å². The highest BCUT2D eigenvalue weighted by Crippen LogP contribution is 2.29. The van der Waals surface area contributed by atoms with Crippen LogP contribution in [0.3, 0.4) is 0 Å². The van der Waals surface area contributed by atoms with Gasteiger partial charge in [0.2, 0.25) is 0 Å². The van der Waals surface area contributed by atoms with Crippen molar-refractivity contribution in [1.29, 1.82) is 0 Å². The zero-order valence-electron chi connectivity index (χ0n) is 8.97. The van der Waals surface area contributed by atoms with Crippen LogP contribution in [0.1, 0.15) is 12.8 Å². The number of aromatic nitrogens is 1. The van der Waals surface area contributed by atoms with E-state index in [1.165, 1.54) is 17.0 Å². The van der Waals surface area contributed by atoms with Crippen molar-refractivity contribution in [3.8, 4) is 0 Å². The van der Waals surface area contributed by atoms with Crippen LogP contribution in [0.5, 0.6) is 0 Å². The van der Waals surface area contributed by atoms with Crippen LogP contribution in [0, 0.1) is 10.1 Å². The Morgan fingerprint density at radius 1 is 1.47 bits per heavy atom. The minimum Gasteiger partial charge on any atom is -0.351 e. The fraction of sp³-hybridized carbons (Fsp3) is 0.500. The van der Waals surface area contributed by atoms with Gasteiger partial charge in [0.1, 0.15) is 12.0 Å². The second kappa shape index (κ2) is 4.23. The Bertz CT molecular complexity index is 422. The molecule has 1 aliphatic heterocycles. The number of hydrogen-bond donors (Lipinski definition) is 0. The summed E-state index contributed by atoms with van der Waals surface area (Å²) in [7, 11) is 0. The van der Waals surface area contributed by atoms with Gasteiger partial charge in [-0.2, -0.15) is 0 Å². The SMILES string of the molecule is O=[N+]([O-])c1ccc(N2CCCC(F)(F)C2)nc1. The smallest absolute Gasteiger partial charge is 0.287 e. The first-order chi connectivity index (χ1) is 7.98. The first-order valence-electron chi connectivity index (χ1n) is 5.21. The van der Waals surface area contributed by atoms with Crippen molar-refractivity contribution in [1.82, 2.24) is 4.98 Å². The average molecular weight is 243 g/mol. The highest BCUT2D eigenvalue weighted by atomic mass is 19.3. The summed E-state index contributed by atoms with van der Waals surface area (Å²) in [5.41, 5.74) is -0.141. The predicted molar refractivity (Wildman–Crippen MR) is 57.3 cm³/mol. The molecule has 2 heterocycles. The number of rotatable bonds is 2. The average Bonchev–Trinajstić information content (AvgIpc) is 2.28. The van der Waals surface area contributed by atoms with Gasteiger partial charge in [0.05, 0.1) is 11.5 Å². The lowest BCUT2D eigenvalue weighted by molar-refractivity contribution is -0.385. The van der Waals surface area contributed by atoms with Crippen LogP contribution in [0.2, 0.25) is 0 Å². The van der Waals surface area contributed by atoms with E-state index in [2.05, 4.69) is 4.98 Å². The fourth-order valence-corrected chi connectivity index (χ4v) is 1.83. The van der Waals surface area contributed by atoms with Crippen LogP contribution in [0.4, 0.5) is 20.3 Å². The minimum absolute atomic E-state index is 0.115. The second-order valence-corrected chi connectivity index (χ2v) is 4.01. The summed E-state index contributed by atoms with van der Waals surface area (Å²) in [5.74, 6) is -2.35. The van der Waals surface area contributed by atoms with Gasteiger partial charge < -0.3 is 4.90 Å². The quantitative estimate of drug-likeness (QED) is 0.590. The summed E-state index contributed by atoms with van der Waals surface area (Å²) in [4.78, 5) is 15.1. The lowest BCUT2D eigenvalue weighted by Gasteiger charge is -2.33. The van der Waals surface area contributed by atoms with Gasteiger partial charge in [-0.1, -0.05) is 0 Å². The Morgan fingerprint density at radius 3 is 2.76 bits per heavy atom. The molecule has 0 radical (unpaired) electrons. The standard InChI is InChI=1S/C10H11F2N3O2/c11-10(12)4-1-5-14(7-10)9-3-2-8(6-13-9)15(16)17/h2-3,6H,1,4-5,7H2. The van der Waals surface area contributed by atoms with E-state index in [0.717, 1.165) is 6.20 Å². The van der Waals surface area contributed by atoms with Crippen LogP contribution in [-0.4, -0.2) is 28.9 Å². The molecule has 0 spiro atoms. The first-order valence-corrected chi connectivity index (χ1v) is 5.21. The van der Waals surface area contributed by atoms with Gasteiger partial charge in [-0.3, -0.25) is 10.1 Å². The third kappa shape index (κ3) is 2.66. The Labute approximate surface area is 96.2 Å². The molecule has 0 saturated carbocycles. The van der Waals surface area contributed by atoms with Crippen molar-refractivity contribution in [3.63, 3.8) is 0 Å². The largest absolute Gasteiger partial charge is 0.351 e. The maximum absolute atomic E-state index is 13.2. The molecule has 7 heteroatoms. The monoisotopic (exact) mass is 243 g/mol. The number of halogens is 2. The van der Waals surface area contributed by atoms with Crippen molar-refractivity contribution < 1.29 is 13.7 Å². The van der Waals surface area contributed by atoms with E-state index >= 15 is 0 Å². The van der Waals surface area contributed by atoms with Crippen molar-refractivity contribution in [2.75, 3.05) is 18.0 Å². The molecule has 1 aliphatic rings. The fourth-order valence-electron chi connectivity index (χ4n) is 1.83. The van der Waals surface area contributed by atoms with Gasteiger partial charge in [-0.25, -0.2) is 13.8 Å². The van der Waals surface area contributed by atoms with Crippen molar-refractivity contribution in [2.45, 2.75) is 18.8 Å². The summed E-state index contributed by atoms with van der Waals surface area (Å²) in [6, 6.07) is 2.68. The van der Waals surface area contributed by atoms with E-state index in [4.69, 9.17) is 0 Å². The highest BCUT2D eigenvalue weighted by molar-refractivity contribution is 5.43. The van der Waals surface area contributed by atoms with Crippen LogP contribution < -0.4 is 4.90 Å². The molecule has 1 saturated heterocycles. The number of nitro groups is 1. The molecule has 1 aromatic heterocycles. The lowest BCUT2D eigenvalue weighted by Crippen LogP contribution is -2.43. The molecule has 0 aliphatic carbocycles. The van der Waals surface area contributed by atoms with Crippen LogP contribution in [0.25, 0.3) is 0 Å². The maximum atomic E-state index is 13.2. The van der Waals surface area contributed by atoms with Crippen LogP contribution in [0.15, 0.2) is 18.3 Å². The molecule has 1 fully saturated rings. The lowest BCUT2D eigenvalue weighted by atomic mass is 10.1. The van der Waals surface area contributed by atoms with Gasteiger partial charge in [0.25, 0.3) is 11.6 Å². The van der Waals surface area contributed by atoms with E-state index in [-0.39, 0.29) is 18.7 Å². The zero-order valence-corrected chi connectivity index (χ0v) is 8.97. The van der Waals surface area contributed by atoms with Gasteiger partial charge in [0, 0.05) is 19.0 Å². The summed E-state index contributed by atoms with van der Waals surface area (Å²) in [5, 5.41) is 10.4. The summed E-state index contributed by atoms with van der Waals surface area (Å²) in [6.07, 6.45) is 1.37. The number of nitrogens with zero attached hydrogens (tertiary/aromatic N) is 3. The molecule has 5 nitrogen and oxygen atoms in total. The topological polar surface area (TPSA) is 59.3 Å². The van der Waals surface area contributed by atoms with Gasteiger partial charge in [-0.15, -0.1) is 0 Å². The Morgan fingerprint density at radius 2 is 2.24 bits per heavy atom. The highest BCUT2D eigenvalue weighted by Gasteiger charge is 2.35. The van der Waals surface area contributed by atoms with Crippen molar-refractivity contribution in [2.24, 2.45) is 0 Å². The van der Waals surface area contributed by atoms with E-state index in [0.29, 0.717) is 18.8 Å². The minimum atomic E-state index is -2.71. The zero-order chi connectivity index (χ0) is 12.5. The molecule has 0 amide bonds. The third-order valence-electron chi connectivity index (χ3n) is 2.66. The Hall–Kier alpha value is -1.79. The molecular weight excluding hydrogens is 232 g/mol. The predicted octanol–water partition coefficient (Wildman–Crippen LogP) is 2.23. The molecule has 17 heavy (non-hydrogen) atoms. The summed E-state index contributed by atoms with van der Waals surface area (Å²) >= 11 is 0. The molecule has 0 unspecified atom stereocenters. The molecule has 2 rings (SSSR count). The van der Waals surface area contributed by atoms with Crippen molar-refractivity contribution >= 4 is 11.5 Å². The summed E-state index contributed by atoms with van der Waals surface area (Å²) in [6.45, 7) is 0.123. The van der Waals surface area contributed by atoms with Gasteiger partial charge >= 0.3 is 0 Å². The van der Waals surface area contributed by atoms with E-state index in [1.807, 2.05) is 0 Å². The van der Waals surface area contributed by atoms with Gasteiger partial charge in [0.15, 0.2) is 0 Å². The molecule has 0 atom stereocenters. The van der Waals surface area contributed by atoms with Crippen molar-refractivity contribution in [3.05, 3.63) is 28.4 Å². The Kier molecular flexibility index (Phi) is 2.91. The number of anilines is 1. The summed E-state index contributed by atoms with van der Waals surface area (Å²) < 4.78 is 26.3. The number of hydrogen-bond acceptors (Lipinski definition) is 4. The molecular formula is C10H11F2N3O2. The van der Waals surface area contributed by atoms with Crippen LogP contribution in [-0.2, 0) is 0 Å². The molecule has 0 N–H and O–H groups in total.